The van der Waals surface area contributed by atoms with Gasteiger partial charge in [0, 0.05) is 44.6 Å². The molecule has 6 heteroatoms. The van der Waals surface area contributed by atoms with E-state index >= 15 is 0 Å². The van der Waals surface area contributed by atoms with Crippen LogP contribution in [0.15, 0.2) is 194 Å². The first-order valence-electron chi connectivity index (χ1n) is 21.9. The molecule has 0 unspecified atom stereocenters. The van der Waals surface area contributed by atoms with Crippen molar-refractivity contribution in [1.29, 1.82) is 0 Å². The van der Waals surface area contributed by atoms with Crippen LogP contribution >= 0.6 is 0 Å². The fraction of sp³-hybridized carbons (Fsp3) is 0.0690. The molecule has 0 N–H and O–H groups in total. The number of nitrogens with zero attached hydrogens (tertiary/aromatic N) is 5. The monoisotopic (exact) mass is 823 g/mol. The first-order valence-corrected chi connectivity index (χ1v) is 21.9. The van der Waals surface area contributed by atoms with Gasteiger partial charge in [-0.25, -0.2) is 4.98 Å². The first-order chi connectivity index (χ1) is 31.4. The predicted molar refractivity (Wildman–Crippen MR) is 262 cm³/mol. The summed E-state index contributed by atoms with van der Waals surface area (Å²) in [4.78, 5) is 4.89. The topological polar surface area (TPSA) is 39.8 Å². The van der Waals surface area contributed by atoms with Crippen molar-refractivity contribution in [2.24, 2.45) is 0 Å². The van der Waals surface area contributed by atoms with Crippen LogP contribution in [0.2, 0.25) is 0 Å². The number of rotatable bonds is 4. The van der Waals surface area contributed by atoms with Gasteiger partial charge in [-0.2, -0.15) is 0 Å². The molecule has 304 valence electrons. The zero-order chi connectivity index (χ0) is 42.7. The minimum atomic E-state index is -0.0156. The Morgan fingerprint density at radius 1 is 0.469 bits per heavy atom. The van der Waals surface area contributed by atoms with Crippen molar-refractivity contribution in [3.05, 3.63) is 206 Å². The van der Waals surface area contributed by atoms with E-state index in [1.165, 1.54) is 38.1 Å². The number of aromatic nitrogens is 5. The third kappa shape index (κ3) is 5.39. The van der Waals surface area contributed by atoms with E-state index < -0.39 is 0 Å². The van der Waals surface area contributed by atoms with Gasteiger partial charge in [0.15, 0.2) is 0 Å². The van der Waals surface area contributed by atoms with Crippen molar-refractivity contribution in [2.75, 3.05) is 0 Å². The molecule has 0 amide bonds. The molecule has 0 fully saturated rings. The highest BCUT2D eigenvalue weighted by Crippen LogP contribution is 2.39. The van der Waals surface area contributed by atoms with E-state index in [0.29, 0.717) is 0 Å². The second-order valence-electron chi connectivity index (χ2n) is 17.8. The Morgan fingerprint density at radius 3 is 1.72 bits per heavy atom. The van der Waals surface area contributed by atoms with Crippen LogP contribution in [-0.4, -0.2) is 18.4 Å². The summed E-state index contributed by atoms with van der Waals surface area (Å²) >= 11 is 0. The molecule has 0 atom stereocenters. The van der Waals surface area contributed by atoms with Crippen molar-refractivity contribution in [1.82, 2.24) is 18.4 Å². The van der Waals surface area contributed by atoms with E-state index in [4.69, 9.17) is 9.72 Å². The Morgan fingerprint density at radius 2 is 1.02 bits per heavy atom. The van der Waals surface area contributed by atoms with Crippen molar-refractivity contribution < 1.29 is 9.30 Å². The molecule has 0 aliphatic carbocycles. The smallest absolute Gasteiger partial charge is 0.269 e. The normalized spacial score (nSPS) is 12.3. The third-order valence-electron chi connectivity index (χ3n) is 13.0. The fourth-order valence-electron chi connectivity index (χ4n) is 10.1. The molecule has 0 spiro atoms. The highest BCUT2D eigenvalue weighted by molar-refractivity contribution is 6.21. The first kappa shape index (κ1) is 36.4. The van der Waals surface area contributed by atoms with Crippen LogP contribution in [0.4, 0.5) is 0 Å². The Balaban J connectivity index is 1.03. The van der Waals surface area contributed by atoms with Gasteiger partial charge < -0.3 is 9.14 Å². The summed E-state index contributed by atoms with van der Waals surface area (Å²) < 4.78 is 16.0. The van der Waals surface area contributed by atoms with Crippen LogP contribution < -0.4 is 9.30 Å². The minimum Gasteiger partial charge on any atom is -0.458 e. The van der Waals surface area contributed by atoms with E-state index in [2.05, 4.69) is 227 Å². The lowest BCUT2D eigenvalue weighted by Gasteiger charge is -2.20. The molecule has 13 rings (SSSR count). The average molecular weight is 824 g/mol. The average Bonchev–Trinajstić information content (AvgIpc) is 3.99. The van der Waals surface area contributed by atoms with Gasteiger partial charge in [-0.05, 0) is 88.5 Å². The highest BCUT2D eigenvalue weighted by Gasteiger charge is 2.20. The van der Waals surface area contributed by atoms with Gasteiger partial charge in [0.25, 0.3) is 6.33 Å². The Bertz CT molecular complexity index is 4110. The molecule has 6 nitrogen and oxygen atoms in total. The highest BCUT2D eigenvalue weighted by atomic mass is 16.5. The predicted octanol–water partition coefficient (Wildman–Crippen LogP) is 14.2. The standard InChI is InChI=1S/C58H41N5O/c1-58(2,3)37-31-32-59-55(33-37)62-50-25-9-5-17-41(50)45-30-29-40(35-54(45)62)64-39-16-12-15-38(34-39)60-36-61-49-24-8-4-18-42(49)46-21-13-22-47-43-19-6-10-26-51(43)63(56(46)47)52-27-11-7-20-44(52)48-23-14-28-53(60)57(48)61/h4-35H,1-3H3. The van der Waals surface area contributed by atoms with Crippen LogP contribution in [0.3, 0.4) is 0 Å². The van der Waals surface area contributed by atoms with Crippen molar-refractivity contribution >= 4 is 87.2 Å². The summed E-state index contributed by atoms with van der Waals surface area (Å²) in [6.45, 7) is 6.71. The summed E-state index contributed by atoms with van der Waals surface area (Å²) in [5, 5.41) is 9.37. The third-order valence-corrected chi connectivity index (χ3v) is 13.0. The van der Waals surface area contributed by atoms with Crippen molar-refractivity contribution in [2.45, 2.75) is 26.2 Å². The lowest BCUT2D eigenvalue weighted by Crippen LogP contribution is -2.29. The summed E-state index contributed by atoms with van der Waals surface area (Å²) in [7, 11) is 0. The van der Waals surface area contributed by atoms with Crippen LogP contribution in [0, 0.1) is 6.33 Å². The van der Waals surface area contributed by atoms with E-state index in [1.54, 1.807) is 0 Å². The minimum absolute atomic E-state index is 0.0156. The molecule has 5 heterocycles. The molecule has 0 radical (unpaired) electrons. The van der Waals surface area contributed by atoms with Gasteiger partial charge in [-0.1, -0.05) is 136 Å². The summed E-state index contributed by atoms with van der Waals surface area (Å²) in [5.74, 6) is 2.36. The van der Waals surface area contributed by atoms with Crippen LogP contribution in [0.25, 0.3) is 98.7 Å². The van der Waals surface area contributed by atoms with Crippen molar-refractivity contribution in [3.8, 4) is 23.0 Å². The maximum absolute atomic E-state index is 6.79. The Labute approximate surface area is 368 Å². The second-order valence-corrected chi connectivity index (χ2v) is 17.8. The molecule has 0 saturated carbocycles. The van der Waals surface area contributed by atoms with E-state index in [0.717, 1.165) is 77.6 Å². The zero-order valence-corrected chi connectivity index (χ0v) is 35.6. The largest absolute Gasteiger partial charge is 0.458 e. The van der Waals surface area contributed by atoms with Crippen molar-refractivity contribution in [3.63, 3.8) is 0 Å². The number of imidazole rings is 1. The second kappa shape index (κ2) is 13.6. The summed E-state index contributed by atoms with van der Waals surface area (Å²) in [6, 6.07) is 67.2. The molecule has 13 aromatic rings. The summed E-state index contributed by atoms with van der Waals surface area (Å²) in [5.41, 5.74) is 11.0. The van der Waals surface area contributed by atoms with Crippen LogP contribution in [0.1, 0.15) is 26.3 Å². The van der Waals surface area contributed by atoms with Gasteiger partial charge in [0.2, 0.25) is 0 Å². The fourth-order valence-corrected chi connectivity index (χ4v) is 10.1. The molecule has 0 bridgehead atoms. The van der Waals surface area contributed by atoms with Crippen LogP contribution in [0.5, 0.6) is 11.5 Å². The Hall–Kier alpha value is -8.22. The van der Waals surface area contributed by atoms with Crippen LogP contribution in [-0.2, 0) is 5.41 Å². The zero-order valence-electron chi connectivity index (χ0n) is 35.6. The summed E-state index contributed by atoms with van der Waals surface area (Å²) in [6.07, 6.45) is 5.78. The number of ether oxygens (including phenoxy) is 1. The lowest BCUT2D eigenvalue weighted by molar-refractivity contribution is -0.572. The molecule has 0 aliphatic rings. The number of pyridine rings is 1. The number of hydrogen-bond acceptors (Lipinski definition) is 2. The SMILES string of the molecule is CC(C)(C)c1ccnc(-n2c3ccccc3c3ccc(Oc4cccc(-[n+]5[c-]n6c7ccccc7c7cccc8c9ccccc9n(c9ccccc9c9cccc5c96)c78)c4)cc32)c1. The molecule has 5 aromatic heterocycles. The Kier molecular flexibility index (Phi) is 7.76. The quantitative estimate of drug-likeness (QED) is 0.131. The van der Waals surface area contributed by atoms with E-state index in [1.807, 2.05) is 12.3 Å². The molecular formula is C58H41N5O. The number of fused-ring (bicyclic) bond motifs is 12. The van der Waals surface area contributed by atoms with Gasteiger partial charge in [-0.15, -0.1) is 0 Å². The number of hydrogen-bond donors (Lipinski definition) is 0. The maximum Gasteiger partial charge on any atom is 0.269 e. The van der Waals surface area contributed by atoms with Gasteiger partial charge in [0.05, 0.1) is 49.8 Å². The lowest BCUT2D eigenvalue weighted by atomic mass is 9.88. The van der Waals surface area contributed by atoms with Gasteiger partial charge in [-0.3, -0.25) is 13.5 Å². The maximum atomic E-state index is 6.79. The molecule has 64 heavy (non-hydrogen) atoms. The molecular weight excluding hydrogens is 783 g/mol. The molecule has 8 aromatic carbocycles. The van der Waals surface area contributed by atoms with Gasteiger partial charge in [0.1, 0.15) is 17.3 Å². The molecule has 0 aliphatic heterocycles. The number of para-hydroxylation sites is 6. The molecule has 0 saturated heterocycles. The van der Waals surface area contributed by atoms with E-state index in [-0.39, 0.29) is 5.41 Å². The van der Waals surface area contributed by atoms with E-state index in [9.17, 15) is 0 Å². The number of benzene rings is 8. The van der Waals surface area contributed by atoms with Gasteiger partial charge >= 0.3 is 0 Å².